The fourth-order valence-corrected chi connectivity index (χ4v) is 4.16. The molecule has 146 valence electrons. The van der Waals surface area contributed by atoms with Crippen LogP contribution in [0.25, 0.3) is 10.9 Å². The molecule has 0 radical (unpaired) electrons. The highest BCUT2D eigenvalue weighted by Crippen LogP contribution is 2.35. The standard InChI is InChI=1S/C23H25FN2O2/c1-15-16(2)26-21-19(15)7-4-8-20(21)22(27)25-14-23(9-11-28-12-10-23)17-5-3-6-18(24)13-17/h3-8,13,26H,9-12,14H2,1-2H3,(H,25,27). The molecule has 0 saturated carbocycles. The van der Waals surface area contributed by atoms with Crippen LogP contribution in [0, 0.1) is 19.7 Å². The van der Waals surface area contributed by atoms with Crippen molar-refractivity contribution in [2.45, 2.75) is 32.1 Å². The molecule has 5 heteroatoms. The molecule has 28 heavy (non-hydrogen) atoms. The third-order valence-electron chi connectivity index (χ3n) is 6.06. The van der Waals surface area contributed by atoms with Crippen molar-refractivity contribution in [3.8, 4) is 0 Å². The number of hydrogen-bond donors (Lipinski definition) is 2. The number of aryl methyl sites for hydroxylation is 2. The third kappa shape index (κ3) is 3.31. The Labute approximate surface area is 164 Å². The highest BCUT2D eigenvalue weighted by molar-refractivity contribution is 6.06. The van der Waals surface area contributed by atoms with Gasteiger partial charge in [-0.1, -0.05) is 24.3 Å². The van der Waals surface area contributed by atoms with E-state index < -0.39 is 0 Å². The number of carbonyl (C=O) groups is 1. The van der Waals surface area contributed by atoms with Gasteiger partial charge in [-0.05, 0) is 56.0 Å². The quantitative estimate of drug-likeness (QED) is 0.705. The van der Waals surface area contributed by atoms with E-state index in [-0.39, 0.29) is 17.1 Å². The molecule has 4 rings (SSSR count). The first-order valence-electron chi connectivity index (χ1n) is 9.70. The Morgan fingerprint density at radius 1 is 1.18 bits per heavy atom. The highest BCUT2D eigenvalue weighted by atomic mass is 19.1. The number of halogens is 1. The minimum atomic E-state index is -0.314. The normalized spacial score (nSPS) is 16.2. The number of hydrogen-bond acceptors (Lipinski definition) is 2. The fraction of sp³-hybridized carbons (Fsp3) is 0.348. The molecule has 1 saturated heterocycles. The molecule has 0 spiro atoms. The van der Waals surface area contributed by atoms with Gasteiger partial charge in [0.2, 0.25) is 0 Å². The molecule has 0 aliphatic carbocycles. The molecule has 1 aliphatic rings. The van der Waals surface area contributed by atoms with E-state index >= 15 is 0 Å². The van der Waals surface area contributed by atoms with E-state index in [4.69, 9.17) is 4.74 Å². The van der Waals surface area contributed by atoms with Crippen LogP contribution in [-0.4, -0.2) is 30.6 Å². The summed E-state index contributed by atoms with van der Waals surface area (Å²) in [6, 6.07) is 12.5. The lowest BCUT2D eigenvalue weighted by atomic mass is 9.74. The second kappa shape index (κ2) is 7.40. The average Bonchev–Trinajstić information content (AvgIpc) is 3.01. The summed E-state index contributed by atoms with van der Waals surface area (Å²) in [5.41, 5.74) is 4.32. The van der Waals surface area contributed by atoms with Gasteiger partial charge in [0, 0.05) is 36.3 Å². The van der Waals surface area contributed by atoms with Crippen molar-refractivity contribution in [2.24, 2.45) is 0 Å². The summed E-state index contributed by atoms with van der Waals surface area (Å²) in [6.07, 6.45) is 1.50. The lowest BCUT2D eigenvalue weighted by Gasteiger charge is -2.38. The molecule has 2 heterocycles. The predicted molar refractivity (Wildman–Crippen MR) is 108 cm³/mol. The number of para-hydroxylation sites is 1. The Bertz CT molecular complexity index is 1020. The zero-order valence-electron chi connectivity index (χ0n) is 16.3. The van der Waals surface area contributed by atoms with Crippen LogP contribution in [0.2, 0.25) is 0 Å². The van der Waals surface area contributed by atoms with E-state index in [1.165, 1.54) is 6.07 Å². The lowest BCUT2D eigenvalue weighted by Crippen LogP contribution is -2.44. The van der Waals surface area contributed by atoms with E-state index in [2.05, 4.69) is 17.2 Å². The van der Waals surface area contributed by atoms with Gasteiger partial charge in [-0.25, -0.2) is 4.39 Å². The van der Waals surface area contributed by atoms with E-state index in [1.54, 1.807) is 12.1 Å². The van der Waals surface area contributed by atoms with Gasteiger partial charge < -0.3 is 15.0 Å². The molecule has 1 aromatic heterocycles. The molecule has 1 amide bonds. The Morgan fingerprint density at radius 2 is 1.93 bits per heavy atom. The first kappa shape index (κ1) is 18.7. The second-order valence-corrected chi connectivity index (χ2v) is 7.69. The molecule has 0 unspecified atom stereocenters. The number of aromatic amines is 1. The van der Waals surface area contributed by atoms with Gasteiger partial charge in [0.25, 0.3) is 5.91 Å². The molecule has 3 aromatic rings. The van der Waals surface area contributed by atoms with Crippen LogP contribution in [0.4, 0.5) is 4.39 Å². The van der Waals surface area contributed by atoms with E-state index in [0.29, 0.717) is 25.3 Å². The van der Waals surface area contributed by atoms with Crippen LogP contribution in [0.15, 0.2) is 42.5 Å². The van der Waals surface area contributed by atoms with Crippen LogP contribution in [0.1, 0.15) is 40.0 Å². The van der Waals surface area contributed by atoms with Crippen molar-refractivity contribution >= 4 is 16.8 Å². The molecule has 0 atom stereocenters. The summed E-state index contributed by atoms with van der Waals surface area (Å²) in [4.78, 5) is 16.4. The summed E-state index contributed by atoms with van der Waals surface area (Å²) in [7, 11) is 0. The number of aromatic nitrogens is 1. The van der Waals surface area contributed by atoms with Gasteiger partial charge in [0.05, 0.1) is 11.1 Å². The molecule has 1 aliphatic heterocycles. The first-order chi connectivity index (χ1) is 13.5. The Balaban J connectivity index is 1.61. The van der Waals surface area contributed by atoms with Gasteiger partial charge in [-0.3, -0.25) is 4.79 Å². The second-order valence-electron chi connectivity index (χ2n) is 7.69. The van der Waals surface area contributed by atoms with Crippen LogP contribution in [0.5, 0.6) is 0 Å². The average molecular weight is 380 g/mol. The number of ether oxygens (including phenoxy) is 1. The number of amides is 1. The Kier molecular flexibility index (Phi) is 4.94. The predicted octanol–water partition coefficient (Wildman–Crippen LogP) is 4.40. The maximum absolute atomic E-state index is 13.8. The van der Waals surface area contributed by atoms with E-state index in [0.717, 1.165) is 40.6 Å². The van der Waals surface area contributed by atoms with Crippen molar-refractivity contribution in [1.29, 1.82) is 0 Å². The molecular weight excluding hydrogens is 355 g/mol. The van der Waals surface area contributed by atoms with Crippen molar-refractivity contribution in [3.05, 3.63) is 70.7 Å². The van der Waals surface area contributed by atoms with Crippen LogP contribution in [0.3, 0.4) is 0 Å². The number of nitrogens with one attached hydrogen (secondary N) is 2. The number of carbonyl (C=O) groups excluding carboxylic acids is 1. The third-order valence-corrected chi connectivity index (χ3v) is 6.06. The fourth-order valence-electron chi connectivity index (χ4n) is 4.16. The number of rotatable bonds is 4. The van der Waals surface area contributed by atoms with Crippen LogP contribution >= 0.6 is 0 Å². The summed E-state index contributed by atoms with van der Waals surface area (Å²) < 4.78 is 19.4. The molecule has 2 N–H and O–H groups in total. The smallest absolute Gasteiger partial charge is 0.253 e. The summed E-state index contributed by atoms with van der Waals surface area (Å²) in [6.45, 7) is 5.73. The first-order valence-corrected chi connectivity index (χ1v) is 9.70. The minimum Gasteiger partial charge on any atom is -0.381 e. The maximum Gasteiger partial charge on any atom is 0.253 e. The van der Waals surface area contributed by atoms with Gasteiger partial charge in [0.1, 0.15) is 5.82 Å². The summed E-state index contributed by atoms with van der Waals surface area (Å²) in [5.74, 6) is -0.370. The molecular formula is C23H25FN2O2. The summed E-state index contributed by atoms with van der Waals surface area (Å²) >= 11 is 0. The SMILES string of the molecule is Cc1[nH]c2c(C(=O)NCC3(c4cccc(F)c4)CCOCC3)cccc2c1C. The Morgan fingerprint density at radius 3 is 2.68 bits per heavy atom. The molecule has 1 fully saturated rings. The zero-order chi connectivity index (χ0) is 19.7. The van der Waals surface area contributed by atoms with E-state index in [1.807, 2.05) is 31.2 Å². The van der Waals surface area contributed by atoms with Crippen LogP contribution < -0.4 is 5.32 Å². The van der Waals surface area contributed by atoms with Gasteiger partial charge in [0.15, 0.2) is 0 Å². The lowest BCUT2D eigenvalue weighted by molar-refractivity contribution is 0.0486. The Hall–Kier alpha value is -2.66. The van der Waals surface area contributed by atoms with Crippen LogP contribution in [-0.2, 0) is 10.2 Å². The summed E-state index contributed by atoms with van der Waals surface area (Å²) in [5, 5.41) is 4.18. The molecule has 4 nitrogen and oxygen atoms in total. The van der Waals surface area contributed by atoms with Crippen molar-refractivity contribution in [1.82, 2.24) is 10.3 Å². The topological polar surface area (TPSA) is 54.1 Å². The van der Waals surface area contributed by atoms with E-state index in [9.17, 15) is 9.18 Å². The maximum atomic E-state index is 13.8. The molecule has 2 aromatic carbocycles. The van der Waals surface area contributed by atoms with Crippen molar-refractivity contribution in [3.63, 3.8) is 0 Å². The number of H-pyrrole nitrogens is 1. The van der Waals surface area contributed by atoms with Gasteiger partial charge in [-0.2, -0.15) is 0 Å². The van der Waals surface area contributed by atoms with Gasteiger partial charge in [-0.15, -0.1) is 0 Å². The van der Waals surface area contributed by atoms with Gasteiger partial charge >= 0.3 is 0 Å². The molecule has 0 bridgehead atoms. The highest BCUT2D eigenvalue weighted by Gasteiger charge is 2.35. The number of benzene rings is 2. The van der Waals surface area contributed by atoms with Crippen molar-refractivity contribution in [2.75, 3.05) is 19.8 Å². The monoisotopic (exact) mass is 380 g/mol. The minimum absolute atomic E-state index is 0.117. The zero-order valence-corrected chi connectivity index (χ0v) is 16.3. The van der Waals surface area contributed by atoms with Crippen molar-refractivity contribution < 1.29 is 13.9 Å². The largest absolute Gasteiger partial charge is 0.381 e. The number of fused-ring (bicyclic) bond motifs is 1.